The molecule has 2 aromatic rings. The SMILES string of the molecule is COC(Cc1c(NC(=O)OC(C)(C)C)ncnc1-c1cnn(CC2CCCC2)c1)OC. The van der Waals surface area contributed by atoms with Crippen LogP contribution in [0.25, 0.3) is 11.3 Å². The molecule has 1 amide bonds. The van der Waals surface area contributed by atoms with E-state index in [1.54, 1.807) is 20.4 Å². The average Bonchev–Trinajstić information content (AvgIpc) is 3.38. The molecule has 9 nitrogen and oxygen atoms in total. The van der Waals surface area contributed by atoms with Gasteiger partial charge in [-0.3, -0.25) is 10.00 Å². The lowest BCUT2D eigenvalue weighted by molar-refractivity contribution is -0.100. The van der Waals surface area contributed by atoms with Gasteiger partial charge in [0.25, 0.3) is 0 Å². The zero-order chi connectivity index (χ0) is 22.4. The number of carbonyl (C=O) groups is 1. The molecule has 0 spiro atoms. The van der Waals surface area contributed by atoms with Gasteiger partial charge in [0.1, 0.15) is 17.7 Å². The molecule has 0 aliphatic heterocycles. The normalized spacial score (nSPS) is 14.9. The van der Waals surface area contributed by atoms with Crippen LogP contribution in [0.5, 0.6) is 0 Å². The molecule has 0 aromatic carbocycles. The van der Waals surface area contributed by atoms with E-state index >= 15 is 0 Å². The highest BCUT2D eigenvalue weighted by Gasteiger charge is 2.23. The molecular formula is C22H33N5O4. The summed E-state index contributed by atoms with van der Waals surface area (Å²) in [5.41, 5.74) is 1.61. The van der Waals surface area contributed by atoms with E-state index in [1.807, 2.05) is 31.6 Å². The third-order valence-corrected chi connectivity index (χ3v) is 5.29. The Morgan fingerprint density at radius 1 is 1.23 bits per heavy atom. The van der Waals surface area contributed by atoms with E-state index in [2.05, 4.69) is 20.4 Å². The fourth-order valence-electron chi connectivity index (χ4n) is 3.84. The number of aromatic nitrogens is 4. The lowest BCUT2D eigenvalue weighted by atomic mass is 10.1. The minimum absolute atomic E-state index is 0.349. The van der Waals surface area contributed by atoms with E-state index in [4.69, 9.17) is 14.2 Å². The molecule has 9 heteroatoms. The number of ether oxygens (including phenoxy) is 3. The summed E-state index contributed by atoms with van der Waals surface area (Å²) >= 11 is 0. The van der Waals surface area contributed by atoms with Gasteiger partial charge in [0.05, 0.1) is 11.9 Å². The van der Waals surface area contributed by atoms with Crippen molar-refractivity contribution in [2.45, 2.75) is 71.3 Å². The van der Waals surface area contributed by atoms with Crippen molar-refractivity contribution < 1.29 is 19.0 Å². The number of rotatable bonds is 8. The fraction of sp³-hybridized carbons (Fsp3) is 0.636. The van der Waals surface area contributed by atoms with E-state index in [9.17, 15) is 4.79 Å². The first-order chi connectivity index (χ1) is 14.8. The molecule has 1 N–H and O–H groups in total. The number of nitrogens with one attached hydrogen (secondary N) is 1. The quantitative estimate of drug-likeness (QED) is 0.630. The Kier molecular flexibility index (Phi) is 7.61. The summed E-state index contributed by atoms with van der Waals surface area (Å²) in [6, 6.07) is 0. The van der Waals surface area contributed by atoms with Gasteiger partial charge in [-0.25, -0.2) is 14.8 Å². The number of nitrogens with zero attached hydrogens (tertiary/aromatic N) is 4. The highest BCUT2D eigenvalue weighted by molar-refractivity contribution is 5.86. The second kappa shape index (κ2) is 10.2. The first-order valence-electron chi connectivity index (χ1n) is 10.7. The minimum atomic E-state index is -0.622. The Labute approximate surface area is 183 Å². The summed E-state index contributed by atoms with van der Waals surface area (Å²) < 4.78 is 18.1. The lowest BCUT2D eigenvalue weighted by Crippen LogP contribution is -2.28. The number of anilines is 1. The minimum Gasteiger partial charge on any atom is -0.444 e. The van der Waals surface area contributed by atoms with E-state index in [0.717, 1.165) is 12.1 Å². The molecule has 2 aromatic heterocycles. The van der Waals surface area contributed by atoms with Gasteiger partial charge in [-0.05, 0) is 39.5 Å². The van der Waals surface area contributed by atoms with Crippen LogP contribution in [0, 0.1) is 5.92 Å². The monoisotopic (exact) mass is 431 g/mol. The molecule has 0 bridgehead atoms. The van der Waals surface area contributed by atoms with Crippen LogP contribution in [-0.2, 0) is 27.2 Å². The van der Waals surface area contributed by atoms with Gasteiger partial charge in [-0.15, -0.1) is 0 Å². The summed E-state index contributed by atoms with van der Waals surface area (Å²) in [5, 5.41) is 7.28. The smallest absolute Gasteiger partial charge is 0.413 e. The van der Waals surface area contributed by atoms with Crippen LogP contribution in [0.15, 0.2) is 18.7 Å². The molecule has 1 aliphatic carbocycles. The zero-order valence-electron chi connectivity index (χ0n) is 19.1. The Balaban J connectivity index is 1.89. The van der Waals surface area contributed by atoms with Crippen LogP contribution < -0.4 is 5.32 Å². The maximum absolute atomic E-state index is 12.4. The summed E-state index contributed by atoms with van der Waals surface area (Å²) in [5.74, 6) is 1.04. The first kappa shape index (κ1) is 23.1. The van der Waals surface area contributed by atoms with Gasteiger partial charge in [-0.1, -0.05) is 12.8 Å². The van der Waals surface area contributed by atoms with Crippen molar-refractivity contribution in [2.75, 3.05) is 19.5 Å². The van der Waals surface area contributed by atoms with Crippen molar-refractivity contribution in [2.24, 2.45) is 5.92 Å². The molecule has 0 radical (unpaired) electrons. The highest BCUT2D eigenvalue weighted by atomic mass is 16.7. The van der Waals surface area contributed by atoms with Crippen molar-refractivity contribution in [3.05, 3.63) is 24.3 Å². The van der Waals surface area contributed by atoms with Gasteiger partial charge in [0.2, 0.25) is 0 Å². The second-order valence-corrected chi connectivity index (χ2v) is 8.88. The molecule has 1 aliphatic rings. The summed E-state index contributed by atoms with van der Waals surface area (Å²) in [6.45, 7) is 6.33. The number of carbonyl (C=O) groups excluding carboxylic acids is 1. The van der Waals surface area contributed by atoms with Crippen LogP contribution in [0.1, 0.15) is 52.0 Å². The van der Waals surface area contributed by atoms with Crippen LogP contribution >= 0.6 is 0 Å². The van der Waals surface area contributed by atoms with Crippen LogP contribution in [0.4, 0.5) is 10.6 Å². The molecule has 3 rings (SSSR count). The maximum Gasteiger partial charge on any atom is 0.413 e. The van der Waals surface area contributed by atoms with Gasteiger partial charge >= 0.3 is 6.09 Å². The summed E-state index contributed by atoms with van der Waals surface area (Å²) in [6.07, 6.45) is 9.56. The summed E-state index contributed by atoms with van der Waals surface area (Å²) in [7, 11) is 3.14. The standard InChI is InChI=1S/C22H33N5O4/c1-22(2,3)31-21(28)26-20-17(10-18(29-4)30-5)19(23-14-24-20)16-11-25-27(13-16)12-15-8-6-7-9-15/h11,13-15,18H,6-10,12H2,1-5H3,(H,23,24,26,28). The molecule has 31 heavy (non-hydrogen) atoms. The van der Waals surface area contributed by atoms with Gasteiger partial charge in [0.15, 0.2) is 6.29 Å². The lowest BCUT2D eigenvalue weighted by Gasteiger charge is -2.21. The molecule has 0 unspecified atom stereocenters. The van der Waals surface area contributed by atoms with Crippen LogP contribution in [0.2, 0.25) is 0 Å². The molecular weight excluding hydrogens is 398 g/mol. The van der Waals surface area contributed by atoms with E-state index in [0.29, 0.717) is 29.4 Å². The van der Waals surface area contributed by atoms with Gasteiger partial charge in [0, 0.05) is 44.5 Å². The van der Waals surface area contributed by atoms with Crippen LogP contribution in [-0.4, -0.2) is 52.0 Å². The number of hydrogen-bond donors (Lipinski definition) is 1. The molecule has 170 valence electrons. The summed E-state index contributed by atoms with van der Waals surface area (Å²) in [4.78, 5) is 21.2. The van der Waals surface area contributed by atoms with E-state index in [1.165, 1.54) is 32.0 Å². The molecule has 0 saturated heterocycles. The molecule has 1 fully saturated rings. The van der Waals surface area contributed by atoms with Crippen molar-refractivity contribution in [3.8, 4) is 11.3 Å². The van der Waals surface area contributed by atoms with Crippen LogP contribution in [0.3, 0.4) is 0 Å². The number of hydrogen-bond acceptors (Lipinski definition) is 7. The van der Waals surface area contributed by atoms with Gasteiger partial charge < -0.3 is 14.2 Å². The Hall–Kier alpha value is -2.52. The van der Waals surface area contributed by atoms with Gasteiger partial charge in [-0.2, -0.15) is 5.10 Å². The van der Waals surface area contributed by atoms with Crippen molar-refractivity contribution in [1.29, 1.82) is 0 Å². The Bertz CT molecular complexity index is 867. The fourth-order valence-corrected chi connectivity index (χ4v) is 3.84. The number of methoxy groups -OCH3 is 2. The largest absolute Gasteiger partial charge is 0.444 e. The van der Waals surface area contributed by atoms with Crippen molar-refractivity contribution >= 4 is 11.9 Å². The Morgan fingerprint density at radius 2 is 1.94 bits per heavy atom. The third-order valence-electron chi connectivity index (χ3n) is 5.29. The van der Waals surface area contributed by atoms with E-state index < -0.39 is 18.0 Å². The Morgan fingerprint density at radius 3 is 2.58 bits per heavy atom. The van der Waals surface area contributed by atoms with Crippen molar-refractivity contribution in [1.82, 2.24) is 19.7 Å². The van der Waals surface area contributed by atoms with E-state index in [-0.39, 0.29) is 0 Å². The third kappa shape index (κ3) is 6.48. The predicted molar refractivity (Wildman–Crippen MR) is 117 cm³/mol. The highest BCUT2D eigenvalue weighted by Crippen LogP contribution is 2.29. The maximum atomic E-state index is 12.4. The van der Waals surface area contributed by atoms with Crippen molar-refractivity contribution in [3.63, 3.8) is 0 Å². The zero-order valence-corrected chi connectivity index (χ0v) is 19.1. The molecule has 2 heterocycles. The molecule has 1 saturated carbocycles. The topological polar surface area (TPSA) is 100 Å². The predicted octanol–water partition coefficient (Wildman–Crippen LogP) is 4.04. The average molecular weight is 432 g/mol. The molecule has 0 atom stereocenters. The first-order valence-corrected chi connectivity index (χ1v) is 10.7. The second-order valence-electron chi connectivity index (χ2n) is 8.88. The number of amides is 1.